The van der Waals surface area contributed by atoms with E-state index in [1.807, 2.05) is 0 Å². The van der Waals surface area contributed by atoms with E-state index in [1.165, 1.54) is 42.7 Å². The average Bonchev–Trinajstić information content (AvgIpc) is 2.80. The Labute approximate surface area is 183 Å². The van der Waals surface area contributed by atoms with Crippen molar-refractivity contribution in [2.75, 3.05) is 26.2 Å². The Hall–Kier alpha value is -2.56. The van der Waals surface area contributed by atoms with Crippen molar-refractivity contribution in [2.45, 2.75) is 25.4 Å². The van der Waals surface area contributed by atoms with Crippen molar-refractivity contribution >= 4 is 0 Å². The van der Waals surface area contributed by atoms with Crippen molar-refractivity contribution in [2.24, 2.45) is 5.92 Å². The van der Waals surface area contributed by atoms with Crippen molar-refractivity contribution < 1.29 is 13.5 Å². The Morgan fingerprint density at radius 1 is 0.774 bits per heavy atom. The minimum atomic E-state index is -0.336. The van der Waals surface area contributed by atoms with Crippen LogP contribution in [-0.2, 0) is 11.2 Å². The highest BCUT2D eigenvalue weighted by molar-refractivity contribution is 5.30. The van der Waals surface area contributed by atoms with Crippen LogP contribution in [0.15, 0.2) is 78.9 Å². The maximum absolute atomic E-state index is 13.4. The number of ether oxygens (including phenoxy) is 1. The van der Waals surface area contributed by atoms with E-state index in [1.54, 1.807) is 24.3 Å². The third-order valence-corrected chi connectivity index (χ3v) is 6.11. The number of hydrogen-bond acceptors (Lipinski definition) is 2. The van der Waals surface area contributed by atoms with Gasteiger partial charge in [0.15, 0.2) is 0 Å². The molecule has 0 aromatic heterocycles. The first-order valence-corrected chi connectivity index (χ1v) is 11.1. The summed E-state index contributed by atoms with van der Waals surface area (Å²) < 4.78 is 33.0. The van der Waals surface area contributed by atoms with Crippen LogP contribution in [0.5, 0.6) is 0 Å². The molecule has 3 aromatic carbocycles. The van der Waals surface area contributed by atoms with E-state index < -0.39 is 0 Å². The van der Waals surface area contributed by atoms with E-state index in [2.05, 4.69) is 35.2 Å². The zero-order valence-corrected chi connectivity index (χ0v) is 17.7. The fourth-order valence-corrected chi connectivity index (χ4v) is 4.32. The first-order chi connectivity index (χ1) is 15.2. The minimum absolute atomic E-state index is 0.278. The zero-order valence-electron chi connectivity index (χ0n) is 17.7. The number of hydrogen-bond donors (Lipinski definition) is 0. The molecular weight excluding hydrogens is 392 g/mol. The zero-order chi connectivity index (χ0) is 21.5. The Balaban J connectivity index is 1.30. The molecule has 1 aliphatic rings. The van der Waals surface area contributed by atoms with Gasteiger partial charge >= 0.3 is 0 Å². The van der Waals surface area contributed by atoms with E-state index in [0.29, 0.717) is 6.61 Å². The van der Waals surface area contributed by atoms with Gasteiger partial charge in [-0.15, -0.1) is 0 Å². The smallest absolute Gasteiger partial charge is 0.123 e. The molecule has 0 saturated carbocycles. The summed E-state index contributed by atoms with van der Waals surface area (Å²) >= 11 is 0. The molecule has 162 valence electrons. The van der Waals surface area contributed by atoms with Gasteiger partial charge in [-0.3, -0.25) is 0 Å². The van der Waals surface area contributed by atoms with Gasteiger partial charge in [0.25, 0.3) is 0 Å². The van der Waals surface area contributed by atoms with Gasteiger partial charge in [-0.25, -0.2) is 8.78 Å². The minimum Gasteiger partial charge on any atom is -0.367 e. The van der Waals surface area contributed by atoms with Crippen LogP contribution in [-0.4, -0.2) is 31.1 Å². The lowest BCUT2D eigenvalue weighted by Gasteiger charge is -2.32. The average molecular weight is 422 g/mol. The number of halogens is 2. The third kappa shape index (κ3) is 6.22. The first kappa shape index (κ1) is 21.7. The quantitative estimate of drug-likeness (QED) is 0.441. The van der Waals surface area contributed by atoms with Crippen LogP contribution in [0, 0.1) is 17.6 Å². The maximum atomic E-state index is 13.4. The molecule has 0 radical (unpaired) electrons. The molecule has 1 fully saturated rings. The number of benzene rings is 3. The topological polar surface area (TPSA) is 12.5 Å². The molecule has 0 unspecified atom stereocenters. The molecule has 1 saturated heterocycles. The number of rotatable bonds is 8. The predicted molar refractivity (Wildman–Crippen MR) is 120 cm³/mol. The number of likely N-dealkylation sites (tertiary alicyclic amines) is 1. The molecule has 0 amide bonds. The summed E-state index contributed by atoms with van der Waals surface area (Å²) in [6, 6.07) is 23.4. The fourth-order valence-electron chi connectivity index (χ4n) is 4.32. The summed E-state index contributed by atoms with van der Waals surface area (Å²) in [5, 5.41) is 0. The van der Waals surface area contributed by atoms with Gasteiger partial charge in [0.1, 0.15) is 17.7 Å². The molecular formula is C27H29F2NO. The summed E-state index contributed by atoms with van der Waals surface area (Å²) in [6.07, 6.45) is 3.22. The van der Waals surface area contributed by atoms with Gasteiger partial charge < -0.3 is 9.64 Å². The Morgan fingerprint density at radius 2 is 1.32 bits per heavy atom. The summed E-state index contributed by atoms with van der Waals surface area (Å²) in [4.78, 5) is 2.45. The normalized spacial score (nSPS) is 15.5. The van der Waals surface area contributed by atoms with Gasteiger partial charge in [-0.1, -0.05) is 54.6 Å². The second kappa shape index (κ2) is 10.7. The molecule has 0 N–H and O–H groups in total. The van der Waals surface area contributed by atoms with Crippen LogP contribution < -0.4 is 0 Å². The van der Waals surface area contributed by atoms with E-state index in [4.69, 9.17) is 4.74 Å². The molecule has 4 heteroatoms. The van der Waals surface area contributed by atoms with E-state index in [9.17, 15) is 8.78 Å². The molecule has 3 aromatic rings. The van der Waals surface area contributed by atoms with Crippen molar-refractivity contribution in [3.8, 4) is 0 Å². The van der Waals surface area contributed by atoms with Crippen LogP contribution in [0.1, 0.15) is 35.6 Å². The van der Waals surface area contributed by atoms with Crippen LogP contribution in [0.3, 0.4) is 0 Å². The predicted octanol–water partition coefficient (Wildman–Crippen LogP) is 6.03. The van der Waals surface area contributed by atoms with Gasteiger partial charge in [0.05, 0.1) is 6.61 Å². The highest BCUT2D eigenvalue weighted by atomic mass is 19.1. The second-order valence-electron chi connectivity index (χ2n) is 8.33. The Kier molecular flexibility index (Phi) is 7.44. The Morgan fingerprint density at radius 3 is 1.87 bits per heavy atom. The molecule has 1 heterocycles. The van der Waals surface area contributed by atoms with E-state index in [-0.39, 0.29) is 17.7 Å². The SMILES string of the molecule is Fc1ccc(C(OCCN2CCC(Cc3ccccc3)CC2)c2ccc(F)cc2)cc1. The van der Waals surface area contributed by atoms with Crippen LogP contribution >= 0.6 is 0 Å². The Bertz CT molecular complexity index is 874. The molecule has 0 bridgehead atoms. The lowest BCUT2D eigenvalue weighted by Crippen LogP contribution is -2.36. The van der Waals surface area contributed by atoms with Crippen LogP contribution in [0.4, 0.5) is 8.78 Å². The maximum Gasteiger partial charge on any atom is 0.123 e. The van der Waals surface area contributed by atoms with E-state index >= 15 is 0 Å². The number of nitrogens with zero attached hydrogens (tertiary/aromatic N) is 1. The molecule has 0 aliphatic carbocycles. The summed E-state index contributed by atoms with van der Waals surface area (Å²) in [5.74, 6) is 0.186. The molecule has 0 spiro atoms. The second-order valence-corrected chi connectivity index (χ2v) is 8.33. The molecule has 1 aliphatic heterocycles. The van der Waals surface area contributed by atoms with Crippen LogP contribution in [0.2, 0.25) is 0 Å². The summed E-state index contributed by atoms with van der Waals surface area (Å²) in [7, 11) is 0. The third-order valence-electron chi connectivity index (χ3n) is 6.11. The molecule has 2 nitrogen and oxygen atoms in total. The van der Waals surface area contributed by atoms with Crippen molar-refractivity contribution in [3.05, 3.63) is 107 Å². The standard InChI is InChI=1S/C27H29F2NO/c28-25-10-6-23(7-11-25)27(24-8-12-26(29)13-9-24)31-19-18-30-16-14-22(15-17-30)20-21-4-2-1-3-5-21/h1-13,22,27H,14-20H2. The van der Waals surface area contributed by atoms with Crippen LogP contribution in [0.25, 0.3) is 0 Å². The van der Waals surface area contributed by atoms with E-state index in [0.717, 1.165) is 43.1 Å². The molecule has 4 rings (SSSR count). The lowest BCUT2D eigenvalue weighted by atomic mass is 9.90. The van der Waals surface area contributed by atoms with Crippen molar-refractivity contribution in [1.29, 1.82) is 0 Å². The molecule has 31 heavy (non-hydrogen) atoms. The summed E-state index contributed by atoms with van der Waals surface area (Å²) in [5.41, 5.74) is 3.16. The van der Waals surface area contributed by atoms with Gasteiger partial charge in [-0.2, -0.15) is 0 Å². The molecule has 0 atom stereocenters. The number of piperidine rings is 1. The van der Waals surface area contributed by atoms with Gasteiger partial charge in [0, 0.05) is 6.54 Å². The van der Waals surface area contributed by atoms with Gasteiger partial charge in [-0.05, 0) is 79.2 Å². The van der Waals surface area contributed by atoms with Crippen molar-refractivity contribution in [3.63, 3.8) is 0 Å². The van der Waals surface area contributed by atoms with Gasteiger partial charge in [0.2, 0.25) is 0 Å². The first-order valence-electron chi connectivity index (χ1n) is 11.1. The summed E-state index contributed by atoms with van der Waals surface area (Å²) in [6.45, 7) is 3.59. The lowest BCUT2D eigenvalue weighted by molar-refractivity contribution is 0.0514. The largest absolute Gasteiger partial charge is 0.367 e. The monoisotopic (exact) mass is 421 g/mol. The van der Waals surface area contributed by atoms with Crippen molar-refractivity contribution in [1.82, 2.24) is 4.90 Å². The highest BCUT2D eigenvalue weighted by Gasteiger charge is 2.20. The fraction of sp³-hybridized carbons (Fsp3) is 0.333. The highest BCUT2D eigenvalue weighted by Crippen LogP contribution is 2.27.